The lowest BCUT2D eigenvalue weighted by molar-refractivity contribution is -0.141. The van der Waals surface area contributed by atoms with E-state index in [-0.39, 0.29) is 11.8 Å². The molecule has 0 bridgehead atoms. The molecular weight excluding hydrogens is 236 g/mol. The molecule has 6 heteroatoms. The van der Waals surface area contributed by atoms with Gasteiger partial charge in [-0.25, -0.2) is 0 Å². The zero-order valence-corrected chi connectivity index (χ0v) is 10.4. The summed E-state index contributed by atoms with van der Waals surface area (Å²) in [6, 6.07) is 0. The lowest BCUT2D eigenvalue weighted by Crippen LogP contribution is -2.21. The largest absolute Gasteiger partial charge is 0.481 e. The van der Waals surface area contributed by atoms with Gasteiger partial charge in [-0.3, -0.25) is 14.9 Å². The average Bonchev–Trinajstić information content (AvgIpc) is 2.91. The van der Waals surface area contributed by atoms with Gasteiger partial charge in [0, 0.05) is 11.5 Å². The number of carbonyl (C=O) groups is 2. The highest BCUT2D eigenvalue weighted by Gasteiger charge is 2.34. The first-order chi connectivity index (χ1) is 8.49. The first-order valence-corrected chi connectivity index (χ1v) is 5.95. The molecule has 2 atom stereocenters. The minimum absolute atomic E-state index is 0.182. The molecule has 1 aliphatic rings. The third-order valence-electron chi connectivity index (χ3n) is 3.55. The summed E-state index contributed by atoms with van der Waals surface area (Å²) in [6.07, 6.45) is 1.56. The van der Waals surface area contributed by atoms with Crippen molar-refractivity contribution in [2.45, 2.75) is 33.1 Å². The Morgan fingerprint density at radius 1 is 1.33 bits per heavy atom. The molecule has 18 heavy (non-hydrogen) atoms. The van der Waals surface area contributed by atoms with Gasteiger partial charge >= 0.3 is 5.97 Å². The smallest absolute Gasteiger partial charge is 0.306 e. The molecule has 1 aliphatic carbocycles. The number of amides is 1. The average molecular weight is 252 g/mol. The quantitative estimate of drug-likeness (QED) is 0.854. The first kappa shape index (κ1) is 12.6. The molecule has 2 N–H and O–H groups in total. The first-order valence-electron chi connectivity index (χ1n) is 5.95. The van der Waals surface area contributed by atoms with E-state index in [4.69, 9.17) is 9.63 Å². The summed E-state index contributed by atoms with van der Waals surface area (Å²) in [5, 5.41) is 15.3. The zero-order valence-electron chi connectivity index (χ0n) is 10.4. The van der Waals surface area contributed by atoms with Gasteiger partial charge in [-0.2, -0.15) is 0 Å². The number of nitrogens with one attached hydrogen (secondary N) is 1. The summed E-state index contributed by atoms with van der Waals surface area (Å²) >= 11 is 0. The van der Waals surface area contributed by atoms with Crippen LogP contribution in [0.3, 0.4) is 0 Å². The third kappa shape index (κ3) is 2.37. The van der Waals surface area contributed by atoms with Gasteiger partial charge in [0.2, 0.25) is 11.8 Å². The second-order valence-electron chi connectivity index (χ2n) is 4.76. The van der Waals surface area contributed by atoms with Crippen molar-refractivity contribution in [3.63, 3.8) is 0 Å². The minimum atomic E-state index is -0.822. The molecule has 1 saturated carbocycles. The van der Waals surface area contributed by atoms with Crippen molar-refractivity contribution in [2.75, 3.05) is 5.32 Å². The summed E-state index contributed by atoms with van der Waals surface area (Å²) in [7, 11) is 0. The van der Waals surface area contributed by atoms with Crippen LogP contribution in [0.4, 0.5) is 5.88 Å². The van der Waals surface area contributed by atoms with Gasteiger partial charge < -0.3 is 9.63 Å². The molecule has 0 spiro atoms. The molecular formula is C12H16N2O4. The fraction of sp³-hybridized carbons (Fsp3) is 0.583. The maximum absolute atomic E-state index is 12.0. The van der Waals surface area contributed by atoms with Crippen molar-refractivity contribution < 1.29 is 19.2 Å². The van der Waals surface area contributed by atoms with E-state index in [0.717, 1.165) is 11.3 Å². The lowest BCUT2D eigenvalue weighted by Gasteiger charge is -2.08. The van der Waals surface area contributed by atoms with E-state index in [1.165, 1.54) is 0 Å². The number of carbonyl (C=O) groups excluding carboxylic acids is 1. The highest BCUT2D eigenvalue weighted by atomic mass is 16.5. The van der Waals surface area contributed by atoms with Crippen molar-refractivity contribution in [3.8, 4) is 0 Å². The molecule has 1 fully saturated rings. The summed E-state index contributed by atoms with van der Waals surface area (Å²) in [5.41, 5.74) is 1.54. The Kier molecular flexibility index (Phi) is 3.36. The molecule has 98 valence electrons. The number of aryl methyl sites for hydroxylation is 1. The van der Waals surface area contributed by atoms with Gasteiger partial charge in [-0.15, -0.1) is 0 Å². The number of rotatable bonds is 3. The van der Waals surface area contributed by atoms with Crippen LogP contribution in [0.5, 0.6) is 0 Å². The number of anilines is 1. The Morgan fingerprint density at radius 2 is 2.00 bits per heavy atom. The van der Waals surface area contributed by atoms with Crippen molar-refractivity contribution >= 4 is 17.8 Å². The fourth-order valence-electron chi connectivity index (χ4n) is 2.19. The van der Waals surface area contributed by atoms with Gasteiger partial charge in [-0.05, 0) is 33.1 Å². The van der Waals surface area contributed by atoms with Crippen LogP contribution in [0, 0.1) is 25.7 Å². The molecule has 0 saturated heterocycles. The number of aliphatic carboxylic acids is 1. The van der Waals surface area contributed by atoms with Crippen LogP contribution in [0.15, 0.2) is 4.52 Å². The normalized spacial score (nSPS) is 23.0. The van der Waals surface area contributed by atoms with Crippen LogP contribution >= 0.6 is 0 Å². The topological polar surface area (TPSA) is 92.4 Å². The monoisotopic (exact) mass is 252 g/mol. The number of hydrogen-bond donors (Lipinski definition) is 2. The molecule has 0 radical (unpaired) electrons. The third-order valence-corrected chi connectivity index (χ3v) is 3.55. The zero-order chi connectivity index (χ0) is 13.3. The molecule has 1 heterocycles. The SMILES string of the molecule is Cc1noc(NC(=O)C2CCC(C(=O)O)C2)c1C. The van der Waals surface area contributed by atoms with Crippen molar-refractivity contribution in [1.82, 2.24) is 5.16 Å². The summed E-state index contributed by atoms with van der Waals surface area (Å²) in [6.45, 7) is 3.61. The van der Waals surface area contributed by atoms with E-state index in [2.05, 4.69) is 10.5 Å². The Bertz CT molecular complexity index is 480. The summed E-state index contributed by atoms with van der Waals surface area (Å²) < 4.78 is 5.00. The maximum atomic E-state index is 12.0. The van der Waals surface area contributed by atoms with Crippen molar-refractivity contribution in [1.29, 1.82) is 0 Å². The number of aromatic nitrogens is 1. The molecule has 0 aliphatic heterocycles. The van der Waals surface area contributed by atoms with Crippen LogP contribution < -0.4 is 5.32 Å². The highest BCUT2D eigenvalue weighted by Crippen LogP contribution is 2.32. The van der Waals surface area contributed by atoms with Crippen molar-refractivity contribution in [2.24, 2.45) is 11.8 Å². The Hall–Kier alpha value is -1.85. The highest BCUT2D eigenvalue weighted by molar-refractivity contribution is 5.92. The van der Waals surface area contributed by atoms with E-state index >= 15 is 0 Å². The van der Waals surface area contributed by atoms with Crippen LogP contribution in [-0.2, 0) is 9.59 Å². The molecule has 1 aromatic rings. The lowest BCUT2D eigenvalue weighted by atomic mass is 10.0. The van der Waals surface area contributed by atoms with E-state index < -0.39 is 11.9 Å². The predicted octanol–water partition coefficient (Wildman–Crippen LogP) is 1.73. The number of hydrogen-bond acceptors (Lipinski definition) is 4. The summed E-state index contributed by atoms with van der Waals surface area (Å²) in [4.78, 5) is 22.8. The van der Waals surface area contributed by atoms with Crippen LogP contribution in [0.1, 0.15) is 30.5 Å². The molecule has 0 aromatic carbocycles. The van der Waals surface area contributed by atoms with Gasteiger partial charge in [0.15, 0.2) is 0 Å². The summed E-state index contributed by atoms with van der Waals surface area (Å²) in [5.74, 6) is -1.31. The Morgan fingerprint density at radius 3 is 2.50 bits per heavy atom. The van der Waals surface area contributed by atoms with E-state index in [1.807, 2.05) is 6.92 Å². The van der Waals surface area contributed by atoms with E-state index in [1.54, 1.807) is 6.92 Å². The molecule has 6 nitrogen and oxygen atoms in total. The Balaban J connectivity index is 1.97. The molecule has 2 unspecified atom stereocenters. The maximum Gasteiger partial charge on any atom is 0.306 e. The predicted molar refractivity (Wildman–Crippen MR) is 63.1 cm³/mol. The minimum Gasteiger partial charge on any atom is -0.481 e. The molecule has 1 aromatic heterocycles. The number of carboxylic acid groups (broad SMARTS) is 1. The second kappa shape index (κ2) is 4.80. The molecule has 1 amide bonds. The second-order valence-corrected chi connectivity index (χ2v) is 4.76. The van der Waals surface area contributed by atoms with E-state index in [9.17, 15) is 9.59 Å². The van der Waals surface area contributed by atoms with Crippen LogP contribution in [0.2, 0.25) is 0 Å². The van der Waals surface area contributed by atoms with Gasteiger partial charge in [-0.1, -0.05) is 5.16 Å². The number of nitrogens with zero attached hydrogens (tertiary/aromatic N) is 1. The van der Waals surface area contributed by atoms with Gasteiger partial charge in [0.05, 0.1) is 11.6 Å². The Labute approximate surface area is 104 Å². The van der Waals surface area contributed by atoms with Crippen molar-refractivity contribution in [3.05, 3.63) is 11.3 Å². The number of carboxylic acids is 1. The van der Waals surface area contributed by atoms with Gasteiger partial charge in [0.1, 0.15) is 0 Å². The molecule has 2 rings (SSSR count). The van der Waals surface area contributed by atoms with Crippen LogP contribution in [0.25, 0.3) is 0 Å². The van der Waals surface area contributed by atoms with Crippen LogP contribution in [-0.4, -0.2) is 22.1 Å². The van der Waals surface area contributed by atoms with E-state index in [0.29, 0.717) is 25.1 Å². The van der Waals surface area contributed by atoms with Gasteiger partial charge in [0.25, 0.3) is 0 Å². The fourth-order valence-corrected chi connectivity index (χ4v) is 2.19. The standard InChI is InChI=1S/C12H16N2O4/c1-6-7(2)14-18-11(6)13-10(15)8-3-4-9(5-8)12(16)17/h8-9H,3-5H2,1-2H3,(H,13,15)(H,16,17).